The van der Waals surface area contributed by atoms with Crippen molar-refractivity contribution >= 4 is 0 Å². The molecule has 0 bridgehead atoms. The van der Waals surface area contributed by atoms with Gasteiger partial charge in [0.15, 0.2) is 0 Å². The summed E-state index contributed by atoms with van der Waals surface area (Å²) in [6.45, 7) is 13.6. The first-order valence-corrected chi connectivity index (χ1v) is 7.22. The zero-order valence-corrected chi connectivity index (χ0v) is 13.5. The van der Waals surface area contributed by atoms with Crippen LogP contribution in [0.1, 0.15) is 47.1 Å². The zero-order valence-electron chi connectivity index (χ0n) is 13.5. The molecule has 114 valence electrons. The third-order valence-electron chi connectivity index (χ3n) is 4.03. The molecule has 0 saturated carbocycles. The molecule has 1 atom stereocenters. The van der Waals surface area contributed by atoms with Crippen LogP contribution in [-0.2, 0) is 6.42 Å². The molecule has 20 heavy (non-hydrogen) atoms. The highest BCUT2D eigenvalue weighted by Gasteiger charge is 2.30. The van der Waals surface area contributed by atoms with Gasteiger partial charge in [-0.1, -0.05) is 26.8 Å². The summed E-state index contributed by atoms with van der Waals surface area (Å²) in [7, 11) is 0. The predicted molar refractivity (Wildman–Crippen MR) is 80.8 cm³/mol. The number of hydrogen-bond acceptors (Lipinski definition) is 1. The van der Waals surface area contributed by atoms with Gasteiger partial charge in [0.05, 0.1) is 0 Å². The molecule has 1 nitrogen and oxygen atoms in total. The minimum Gasteiger partial charge on any atom is -0.312 e. The van der Waals surface area contributed by atoms with Gasteiger partial charge in [-0.15, -0.1) is 0 Å². The van der Waals surface area contributed by atoms with Gasteiger partial charge >= 0.3 is 0 Å². The normalized spacial score (nSPS) is 15.4. The minimum atomic E-state index is -0.523. The van der Waals surface area contributed by atoms with Crippen LogP contribution in [0.3, 0.4) is 0 Å². The summed E-state index contributed by atoms with van der Waals surface area (Å²) in [5.74, 6) is -0.584. The lowest BCUT2D eigenvalue weighted by Gasteiger charge is -2.37. The smallest absolute Gasteiger partial charge is 0.129 e. The Morgan fingerprint density at radius 1 is 1.10 bits per heavy atom. The van der Waals surface area contributed by atoms with Gasteiger partial charge in [0.25, 0.3) is 0 Å². The standard InChI is InChI=1S/C17H27F2N/c1-12(2)17(6,11-20-16(3,4)5)10-13-7-8-14(18)9-15(13)19/h7-9,12,20H,10-11H2,1-6H3. The Hall–Kier alpha value is -0.960. The Bertz CT molecular complexity index is 449. The average molecular weight is 283 g/mol. The molecule has 0 fully saturated rings. The van der Waals surface area contributed by atoms with Crippen LogP contribution in [0.25, 0.3) is 0 Å². The van der Waals surface area contributed by atoms with Crippen molar-refractivity contribution < 1.29 is 8.78 Å². The summed E-state index contributed by atoms with van der Waals surface area (Å²) >= 11 is 0. The van der Waals surface area contributed by atoms with E-state index in [2.05, 4.69) is 46.9 Å². The van der Waals surface area contributed by atoms with Crippen molar-refractivity contribution in [2.75, 3.05) is 6.54 Å². The summed E-state index contributed by atoms with van der Waals surface area (Å²) < 4.78 is 26.8. The quantitative estimate of drug-likeness (QED) is 0.835. The Kier molecular flexibility index (Phi) is 5.31. The molecule has 0 spiro atoms. The molecule has 0 heterocycles. The second-order valence-electron chi connectivity index (χ2n) is 7.32. The Morgan fingerprint density at radius 2 is 1.70 bits per heavy atom. The summed E-state index contributed by atoms with van der Waals surface area (Å²) in [6.07, 6.45) is 0.597. The molecular weight excluding hydrogens is 256 g/mol. The van der Waals surface area contributed by atoms with Crippen LogP contribution in [-0.4, -0.2) is 12.1 Å². The third-order valence-corrected chi connectivity index (χ3v) is 4.03. The van der Waals surface area contributed by atoms with E-state index in [9.17, 15) is 8.78 Å². The van der Waals surface area contributed by atoms with Gasteiger partial charge in [-0.2, -0.15) is 0 Å². The van der Waals surface area contributed by atoms with Gasteiger partial charge in [-0.3, -0.25) is 0 Å². The molecule has 3 heteroatoms. The molecule has 0 aliphatic rings. The van der Waals surface area contributed by atoms with Crippen LogP contribution in [0.4, 0.5) is 8.78 Å². The largest absolute Gasteiger partial charge is 0.312 e. The number of nitrogens with one attached hydrogen (secondary N) is 1. The number of hydrogen-bond donors (Lipinski definition) is 1. The van der Waals surface area contributed by atoms with Crippen LogP contribution in [0.2, 0.25) is 0 Å². The van der Waals surface area contributed by atoms with Crippen LogP contribution in [0.5, 0.6) is 0 Å². The van der Waals surface area contributed by atoms with E-state index in [4.69, 9.17) is 0 Å². The highest BCUT2D eigenvalue weighted by Crippen LogP contribution is 2.32. The maximum absolute atomic E-state index is 13.9. The summed E-state index contributed by atoms with van der Waals surface area (Å²) in [6, 6.07) is 3.85. The molecule has 1 unspecified atom stereocenters. The second-order valence-corrected chi connectivity index (χ2v) is 7.32. The first kappa shape index (κ1) is 17.1. The summed E-state index contributed by atoms with van der Waals surface area (Å²) in [5, 5.41) is 3.50. The highest BCUT2D eigenvalue weighted by molar-refractivity contribution is 5.20. The van der Waals surface area contributed by atoms with E-state index >= 15 is 0 Å². The molecule has 0 radical (unpaired) electrons. The molecule has 1 aromatic rings. The van der Waals surface area contributed by atoms with Crippen molar-refractivity contribution in [3.63, 3.8) is 0 Å². The van der Waals surface area contributed by atoms with Crippen molar-refractivity contribution in [1.29, 1.82) is 0 Å². The van der Waals surface area contributed by atoms with Gasteiger partial charge < -0.3 is 5.32 Å². The highest BCUT2D eigenvalue weighted by atomic mass is 19.1. The lowest BCUT2D eigenvalue weighted by Crippen LogP contribution is -2.45. The van der Waals surface area contributed by atoms with Gasteiger partial charge in [-0.25, -0.2) is 8.78 Å². The Labute approximate surface area is 121 Å². The fourth-order valence-corrected chi connectivity index (χ4v) is 2.04. The number of halogens is 2. The van der Waals surface area contributed by atoms with Crippen molar-refractivity contribution in [2.24, 2.45) is 11.3 Å². The van der Waals surface area contributed by atoms with Crippen molar-refractivity contribution in [3.05, 3.63) is 35.4 Å². The molecule has 1 N–H and O–H groups in total. The van der Waals surface area contributed by atoms with E-state index in [1.165, 1.54) is 6.07 Å². The lowest BCUT2D eigenvalue weighted by molar-refractivity contribution is 0.186. The van der Waals surface area contributed by atoms with Gasteiger partial charge in [0.2, 0.25) is 0 Å². The third kappa shape index (κ3) is 4.86. The lowest BCUT2D eigenvalue weighted by atomic mass is 9.74. The van der Waals surface area contributed by atoms with Crippen molar-refractivity contribution in [2.45, 2.75) is 53.5 Å². The summed E-state index contributed by atoms with van der Waals surface area (Å²) in [4.78, 5) is 0. The van der Waals surface area contributed by atoms with Gasteiger partial charge in [0, 0.05) is 18.2 Å². The average Bonchev–Trinajstić information content (AvgIpc) is 2.29. The minimum absolute atomic E-state index is 0.0253. The first-order valence-electron chi connectivity index (χ1n) is 7.22. The van der Waals surface area contributed by atoms with Crippen LogP contribution in [0, 0.1) is 23.0 Å². The SMILES string of the molecule is CC(C)C(C)(CNC(C)(C)C)Cc1ccc(F)cc1F. The van der Waals surface area contributed by atoms with Crippen LogP contribution in [0.15, 0.2) is 18.2 Å². The first-order chi connectivity index (χ1) is 9.03. The zero-order chi connectivity index (χ0) is 15.6. The Balaban J connectivity index is 2.91. The fourth-order valence-electron chi connectivity index (χ4n) is 2.04. The number of rotatable bonds is 5. The molecule has 1 rings (SSSR count). The van der Waals surface area contributed by atoms with Crippen LogP contribution >= 0.6 is 0 Å². The topological polar surface area (TPSA) is 12.0 Å². The Morgan fingerprint density at radius 3 is 2.15 bits per heavy atom. The molecular formula is C17H27F2N. The molecule has 1 aromatic carbocycles. The maximum atomic E-state index is 13.9. The molecule has 0 aromatic heterocycles. The molecule has 0 saturated heterocycles. The van der Waals surface area contributed by atoms with E-state index in [-0.39, 0.29) is 11.0 Å². The summed E-state index contributed by atoms with van der Waals surface area (Å²) in [5.41, 5.74) is 0.530. The van der Waals surface area contributed by atoms with E-state index in [1.807, 2.05) is 0 Å². The molecule has 0 aliphatic carbocycles. The second kappa shape index (κ2) is 6.21. The fraction of sp³-hybridized carbons (Fsp3) is 0.647. The van der Waals surface area contributed by atoms with Gasteiger partial charge in [-0.05, 0) is 50.2 Å². The van der Waals surface area contributed by atoms with E-state index in [0.29, 0.717) is 17.9 Å². The van der Waals surface area contributed by atoms with E-state index in [0.717, 1.165) is 12.6 Å². The molecule has 0 aliphatic heterocycles. The number of benzene rings is 1. The van der Waals surface area contributed by atoms with Crippen LogP contribution < -0.4 is 5.32 Å². The van der Waals surface area contributed by atoms with Crippen molar-refractivity contribution in [1.82, 2.24) is 5.32 Å². The van der Waals surface area contributed by atoms with Crippen molar-refractivity contribution in [3.8, 4) is 0 Å². The maximum Gasteiger partial charge on any atom is 0.129 e. The van der Waals surface area contributed by atoms with Gasteiger partial charge in [0.1, 0.15) is 11.6 Å². The monoisotopic (exact) mass is 283 g/mol. The predicted octanol–water partition coefficient (Wildman–Crippen LogP) is 4.56. The molecule has 0 amide bonds. The van der Waals surface area contributed by atoms with E-state index in [1.54, 1.807) is 6.07 Å². The van der Waals surface area contributed by atoms with E-state index < -0.39 is 11.6 Å².